The smallest absolute Gasteiger partial charge is 0.227 e. The van der Waals surface area contributed by atoms with Gasteiger partial charge in [0.25, 0.3) is 0 Å². The summed E-state index contributed by atoms with van der Waals surface area (Å²) in [6, 6.07) is 15.7. The maximum atomic E-state index is 12.7. The van der Waals surface area contributed by atoms with Crippen LogP contribution < -0.4 is 15.2 Å². The summed E-state index contributed by atoms with van der Waals surface area (Å²) >= 11 is 0. The molecule has 140 valence electrons. The minimum Gasteiger partial charge on any atom is -0.493 e. The highest BCUT2D eigenvalue weighted by atomic mass is 35.5. The SMILES string of the molecule is COc1ccc(CC(=O)N2C[C@@H](N)[C@H](c3ccccc3)C2)cc1OC.Cl. The van der Waals surface area contributed by atoms with Crippen LogP contribution in [-0.2, 0) is 11.2 Å². The van der Waals surface area contributed by atoms with Gasteiger partial charge in [0.1, 0.15) is 0 Å². The third-order valence-electron chi connectivity index (χ3n) is 4.75. The Morgan fingerprint density at radius 1 is 1.08 bits per heavy atom. The number of hydrogen-bond donors (Lipinski definition) is 1. The van der Waals surface area contributed by atoms with Crippen molar-refractivity contribution in [3.8, 4) is 11.5 Å². The third-order valence-corrected chi connectivity index (χ3v) is 4.75. The summed E-state index contributed by atoms with van der Waals surface area (Å²) in [6.45, 7) is 1.25. The molecule has 0 saturated carbocycles. The first-order valence-corrected chi connectivity index (χ1v) is 8.41. The molecular formula is C20H25ClN2O3. The van der Waals surface area contributed by atoms with Crippen molar-refractivity contribution in [3.63, 3.8) is 0 Å². The van der Waals surface area contributed by atoms with E-state index in [1.54, 1.807) is 14.2 Å². The number of carbonyl (C=O) groups is 1. The zero-order chi connectivity index (χ0) is 17.8. The lowest BCUT2D eigenvalue weighted by molar-refractivity contribution is -0.129. The Kier molecular flexibility index (Phi) is 6.89. The first-order valence-electron chi connectivity index (χ1n) is 8.41. The summed E-state index contributed by atoms with van der Waals surface area (Å²) in [6.07, 6.45) is 0.328. The number of carbonyl (C=O) groups excluding carboxylic acids is 1. The van der Waals surface area contributed by atoms with Gasteiger partial charge < -0.3 is 20.1 Å². The van der Waals surface area contributed by atoms with Crippen LogP contribution in [0.3, 0.4) is 0 Å². The average molecular weight is 377 g/mol. The second kappa shape index (κ2) is 8.92. The number of nitrogens with zero attached hydrogens (tertiary/aromatic N) is 1. The monoisotopic (exact) mass is 376 g/mol. The maximum Gasteiger partial charge on any atom is 0.227 e. The van der Waals surface area contributed by atoms with E-state index in [9.17, 15) is 4.79 Å². The van der Waals surface area contributed by atoms with Gasteiger partial charge in [0.05, 0.1) is 20.6 Å². The van der Waals surface area contributed by atoms with Gasteiger partial charge in [-0.1, -0.05) is 36.4 Å². The number of hydrogen-bond acceptors (Lipinski definition) is 4. The van der Waals surface area contributed by atoms with Gasteiger partial charge >= 0.3 is 0 Å². The van der Waals surface area contributed by atoms with Crippen molar-refractivity contribution in [2.45, 2.75) is 18.4 Å². The van der Waals surface area contributed by atoms with Crippen molar-refractivity contribution in [1.82, 2.24) is 4.90 Å². The first-order chi connectivity index (χ1) is 12.1. The maximum absolute atomic E-state index is 12.7. The molecule has 2 atom stereocenters. The molecule has 1 fully saturated rings. The summed E-state index contributed by atoms with van der Waals surface area (Å²) in [5.74, 6) is 1.57. The Balaban J connectivity index is 0.00000243. The van der Waals surface area contributed by atoms with Crippen LogP contribution in [-0.4, -0.2) is 44.2 Å². The van der Waals surface area contributed by atoms with Crippen molar-refractivity contribution < 1.29 is 14.3 Å². The fourth-order valence-electron chi connectivity index (χ4n) is 3.36. The molecule has 1 heterocycles. The Morgan fingerprint density at radius 3 is 2.42 bits per heavy atom. The minimum absolute atomic E-state index is 0. The predicted molar refractivity (Wildman–Crippen MR) is 104 cm³/mol. The summed E-state index contributed by atoms with van der Waals surface area (Å²) in [5.41, 5.74) is 8.38. The number of amides is 1. The molecule has 0 aliphatic carbocycles. The number of rotatable bonds is 5. The molecule has 0 spiro atoms. The Labute approximate surface area is 160 Å². The van der Waals surface area contributed by atoms with Crippen LogP contribution in [0.15, 0.2) is 48.5 Å². The molecule has 1 saturated heterocycles. The molecule has 0 aromatic heterocycles. The lowest BCUT2D eigenvalue weighted by Gasteiger charge is -2.17. The fourth-order valence-corrected chi connectivity index (χ4v) is 3.36. The summed E-state index contributed by atoms with van der Waals surface area (Å²) in [4.78, 5) is 14.5. The van der Waals surface area contributed by atoms with E-state index in [2.05, 4.69) is 12.1 Å². The Morgan fingerprint density at radius 2 is 1.77 bits per heavy atom. The van der Waals surface area contributed by atoms with E-state index in [-0.39, 0.29) is 30.3 Å². The molecule has 0 radical (unpaired) electrons. The molecular weight excluding hydrogens is 352 g/mol. The number of likely N-dealkylation sites (tertiary alicyclic amines) is 1. The molecule has 3 rings (SSSR count). The van der Waals surface area contributed by atoms with Crippen LogP contribution >= 0.6 is 12.4 Å². The van der Waals surface area contributed by atoms with Crippen molar-refractivity contribution in [1.29, 1.82) is 0 Å². The van der Waals surface area contributed by atoms with Crippen molar-refractivity contribution >= 4 is 18.3 Å². The molecule has 0 unspecified atom stereocenters. The fraction of sp³-hybridized carbons (Fsp3) is 0.350. The van der Waals surface area contributed by atoms with Gasteiger partial charge in [-0.05, 0) is 23.3 Å². The van der Waals surface area contributed by atoms with Gasteiger partial charge in [0.15, 0.2) is 11.5 Å². The lowest BCUT2D eigenvalue weighted by atomic mass is 9.95. The topological polar surface area (TPSA) is 64.8 Å². The minimum atomic E-state index is -0.0308. The molecule has 5 nitrogen and oxygen atoms in total. The van der Waals surface area contributed by atoms with Gasteiger partial charge in [-0.2, -0.15) is 0 Å². The van der Waals surface area contributed by atoms with Gasteiger partial charge in [0, 0.05) is 25.0 Å². The second-order valence-electron chi connectivity index (χ2n) is 6.35. The van der Waals surface area contributed by atoms with Crippen molar-refractivity contribution in [3.05, 3.63) is 59.7 Å². The van der Waals surface area contributed by atoms with E-state index < -0.39 is 0 Å². The van der Waals surface area contributed by atoms with Crippen LogP contribution in [0, 0.1) is 0 Å². The van der Waals surface area contributed by atoms with Crippen LogP contribution in [0.2, 0.25) is 0 Å². The molecule has 2 N–H and O–H groups in total. The summed E-state index contributed by atoms with van der Waals surface area (Å²) in [7, 11) is 3.19. The number of ether oxygens (including phenoxy) is 2. The standard InChI is InChI=1S/C20H24N2O3.ClH/c1-24-18-9-8-14(10-19(18)25-2)11-20(23)22-12-16(17(21)13-22)15-6-4-3-5-7-15;/h3-10,16-17H,11-13,21H2,1-2H3;1H/t16-,17+;/m0./s1. The highest BCUT2D eigenvalue weighted by molar-refractivity contribution is 5.85. The molecule has 0 bridgehead atoms. The number of benzene rings is 2. The number of halogens is 1. The third kappa shape index (κ3) is 4.29. The van der Waals surface area contributed by atoms with Crippen LogP contribution in [0.4, 0.5) is 0 Å². The average Bonchev–Trinajstić information content (AvgIpc) is 3.04. The second-order valence-corrected chi connectivity index (χ2v) is 6.35. The zero-order valence-electron chi connectivity index (χ0n) is 15.1. The van der Waals surface area contributed by atoms with E-state index in [1.165, 1.54) is 5.56 Å². The molecule has 2 aromatic carbocycles. The van der Waals surface area contributed by atoms with E-state index in [1.807, 2.05) is 41.3 Å². The van der Waals surface area contributed by atoms with Crippen LogP contribution in [0.25, 0.3) is 0 Å². The van der Waals surface area contributed by atoms with E-state index in [0.717, 1.165) is 5.56 Å². The normalized spacial score (nSPS) is 19.0. The molecule has 1 aliphatic rings. The van der Waals surface area contributed by atoms with Gasteiger partial charge in [0.2, 0.25) is 5.91 Å². The zero-order valence-corrected chi connectivity index (χ0v) is 15.9. The predicted octanol–water partition coefficient (Wildman–Crippen LogP) is 2.62. The van der Waals surface area contributed by atoms with Gasteiger partial charge in [-0.25, -0.2) is 0 Å². The van der Waals surface area contributed by atoms with Crippen molar-refractivity contribution in [2.24, 2.45) is 5.73 Å². The first kappa shape index (κ1) is 20.1. The molecule has 6 heteroatoms. The molecule has 1 aliphatic heterocycles. The van der Waals surface area contributed by atoms with Crippen molar-refractivity contribution in [2.75, 3.05) is 27.3 Å². The number of nitrogens with two attached hydrogens (primary N) is 1. The Bertz CT molecular complexity index is 739. The molecule has 1 amide bonds. The Hall–Kier alpha value is -2.24. The van der Waals surface area contributed by atoms with E-state index in [4.69, 9.17) is 15.2 Å². The highest BCUT2D eigenvalue weighted by Crippen LogP contribution is 2.29. The van der Waals surface area contributed by atoms with Crippen LogP contribution in [0.1, 0.15) is 17.0 Å². The van der Waals surface area contributed by atoms with E-state index >= 15 is 0 Å². The summed E-state index contributed by atoms with van der Waals surface area (Å²) in [5, 5.41) is 0. The number of methoxy groups -OCH3 is 2. The van der Waals surface area contributed by atoms with Gasteiger partial charge in [-0.15, -0.1) is 12.4 Å². The highest BCUT2D eigenvalue weighted by Gasteiger charge is 2.33. The lowest BCUT2D eigenvalue weighted by Crippen LogP contribution is -2.33. The van der Waals surface area contributed by atoms with E-state index in [0.29, 0.717) is 31.0 Å². The quantitative estimate of drug-likeness (QED) is 0.871. The largest absolute Gasteiger partial charge is 0.493 e. The molecule has 26 heavy (non-hydrogen) atoms. The molecule has 2 aromatic rings. The van der Waals surface area contributed by atoms with Gasteiger partial charge in [-0.3, -0.25) is 4.79 Å². The summed E-state index contributed by atoms with van der Waals surface area (Å²) < 4.78 is 10.5. The van der Waals surface area contributed by atoms with Crippen LogP contribution in [0.5, 0.6) is 11.5 Å².